The summed E-state index contributed by atoms with van der Waals surface area (Å²) in [4.78, 5) is 26.4. The minimum atomic E-state index is -0.185. The molecule has 1 heterocycles. The second-order valence-electron chi connectivity index (χ2n) is 6.03. The van der Waals surface area contributed by atoms with E-state index in [0.29, 0.717) is 36.6 Å². The Morgan fingerprint density at radius 2 is 1.56 bits per heavy atom. The first kappa shape index (κ1) is 17.3. The molecule has 25 heavy (non-hydrogen) atoms. The fourth-order valence-electron chi connectivity index (χ4n) is 2.87. The number of nitrogens with zero attached hydrogens (tertiary/aromatic N) is 1. The first-order valence-corrected chi connectivity index (χ1v) is 8.67. The van der Waals surface area contributed by atoms with E-state index in [4.69, 9.17) is 11.6 Å². The van der Waals surface area contributed by atoms with Gasteiger partial charge in [0.05, 0.1) is 10.7 Å². The van der Waals surface area contributed by atoms with Gasteiger partial charge in [-0.2, -0.15) is 0 Å². The molecule has 5 nitrogen and oxygen atoms in total. The highest BCUT2D eigenvalue weighted by Crippen LogP contribution is 2.23. The van der Waals surface area contributed by atoms with Crippen LogP contribution >= 0.6 is 11.6 Å². The molecular formula is C19H20ClN3O2. The van der Waals surface area contributed by atoms with Gasteiger partial charge in [0, 0.05) is 24.7 Å². The molecule has 2 aromatic rings. The van der Waals surface area contributed by atoms with E-state index in [1.165, 1.54) is 0 Å². The Morgan fingerprint density at radius 1 is 0.920 bits per heavy atom. The van der Waals surface area contributed by atoms with Crippen LogP contribution < -0.4 is 10.6 Å². The van der Waals surface area contributed by atoms with Gasteiger partial charge in [-0.05, 0) is 37.1 Å². The lowest BCUT2D eigenvalue weighted by atomic mass is 9.96. The number of anilines is 2. The molecule has 1 aliphatic heterocycles. The third-order valence-electron chi connectivity index (χ3n) is 4.31. The number of hydrogen-bond donors (Lipinski definition) is 2. The molecule has 2 N–H and O–H groups in total. The van der Waals surface area contributed by atoms with Crippen molar-refractivity contribution in [3.8, 4) is 0 Å². The summed E-state index contributed by atoms with van der Waals surface area (Å²) in [7, 11) is 0. The molecule has 1 fully saturated rings. The maximum Gasteiger partial charge on any atom is 0.321 e. The molecule has 0 atom stereocenters. The summed E-state index contributed by atoms with van der Waals surface area (Å²) in [5, 5.41) is 6.25. The summed E-state index contributed by atoms with van der Waals surface area (Å²) >= 11 is 6.06. The van der Waals surface area contributed by atoms with Gasteiger partial charge in [-0.15, -0.1) is 0 Å². The van der Waals surface area contributed by atoms with Gasteiger partial charge < -0.3 is 15.5 Å². The van der Waals surface area contributed by atoms with Crippen molar-refractivity contribution in [2.45, 2.75) is 12.8 Å². The average molecular weight is 358 g/mol. The van der Waals surface area contributed by atoms with Crippen LogP contribution in [0.1, 0.15) is 12.8 Å². The lowest BCUT2D eigenvalue weighted by molar-refractivity contribution is -0.121. The number of likely N-dealkylation sites (tertiary alicyclic amines) is 1. The van der Waals surface area contributed by atoms with E-state index in [1.54, 1.807) is 17.0 Å². The number of rotatable bonds is 3. The summed E-state index contributed by atoms with van der Waals surface area (Å²) in [6.07, 6.45) is 1.29. The van der Waals surface area contributed by atoms with Gasteiger partial charge in [0.2, 0.25) is 5.91 Å². The molecule has 0 unspecified atom stereocenters. The zero-order valence-corrected chi connectivity index (χ0v) is 14.5. The number of carbonyl (C=O) groups excluding carboxylic acids is 2. The van der Waals surface area contributed by atoms with E-state index >= 15 is 0 Å². The van der Waals surface area contributed by atoms with Gasteiger partial charge in [0.1, 0.15) is 0 Å². The SMILES string of the molecule is O=C(Nc1ccccc1)C1CCN(C(=O)Nc2ccccc2Cl)CC1. The van der Waals surface area contributed by atoms with Crippen LogP contribution in [0.25, 0.3) is 0 Å². The van der Waals surface area contributed by atoms with Crippen LogP contribution in [0.5, 0.6) is 0 Å². The summed E-state index contributed by atoms with van der Waals surface area (Å²) in [5.41, 5.74) is 1.39. The van der Waals surface area contributed by atoms with Crippen molar-refractivity contribution in [1.29, 1.82) is 0 Å². The third kappa shape index (κ3) is 4.51. The topological polar surface area (TPSA) is 61.4 Å². The highest BCUT2D eigenvalue weighted by Gasteiger charge is 2.27. The average Bonchev–Trinajstić information content (AvgIpc) is 2.64. The molecule has 0 spiro atoms. The van der Waals surface area contributed by atoms with Crippen LogP contribution in [-0.4, -0.2) is 29.9 Å². The first-order valence-electron chi connectivity index (χ1n) is 8.30. The molecule has 130 valence electrons. The van der Waals surface area contributed by atoms with Crippen molar-refractivity contribution in [1.82, 2.24) is 4.90 Å². The lowest BCUT2D eigenvalue weighted by Crippen LogP contribution is -2.43. The summed E-state index contributed by atoms with van der Waals surface area (Å²) in [6, 6.07) is 16.4. The van der Waals surface area contributed by atoms with Gasteiger partial charge in [-0.1, -0.05) is 41.9 Å². The lowest BCUT2D eigenvalue weighted by Gasteiger charge is -2.31. The van der Waals surface area contributed by atoms with Gasteiger partial charge in [-0.3, -0.25) is 4.79 Å². The minimum absolute atomic E-state index is 0.0114. The number of para-hydroxylation sites is 2. The molecule has 1 saturated heterocycles. The molecule has 0 bridgehead atoms. The summed E-state index contributed by atoms with van der Waals surface area (Å²) in [5.74, 6) is -0.0677. The van der Waals surface area contributed by atoms with E-state index in [0.717, 1.165) is 5.69 Å². The van der Waals surface area contributed by atoms with Crippen LogP contribution in [0.3, 0.4) is 0 Å². The van der Waals surface area contributed by atoms with Crippen LogP contribution in [0.2, 0.25) is 5.02 Å². The van der Waals surface area contributed by atoms with Crippen molar-refractivity contribution in [2.75, 3.05) is 23.7 Å². The predicted octanol–water partition coefficient (Wildman–Crippen LogP) is 4.22. The molecule has 3 rings (SSSR count). The second-order valence-corrected chi connectivity index (χ2v) is 6.43. The zero-order valence-electron chi connectivity index (χ0n) is 13.7. The van der Waals surface area contributed by atoms with Gasteiger partial charge in [-0.25, -0.2) is 4.79 Å². The van der Waals surface area contributed by atoms with Crippen LogP contribution in [0.4, 0.5) is 16.2 Å². The van der Waals surface area contributed by atoms with Crippen molar-refractivity contribution < 1.29 is 9.59 Å². The Morgan fingerprint density at radius 3 is 2.24 bits per heavy atom. The largest absolute Gasteiger partial charge is 0.326 e. The number of carbonyl (C=O) groups is 2. The molecule has 0 aliphatic carbocycles. The standard InChI is InChI=1S/C19H20ClN3O2/c20-16-8-4-5-9-17(16)22-19(25)23-12-10-14(11-13-23)18(24)21-15-6-2-1-3-7-15/h1-9,14H,10-13H2,(H,21,24)(H,22,25). The van der Waals surface area contributed by atoms with E-state index in [1.807, 2.05) is 42.5 Å². The number of benzene rings is 2. The van der Waals surface area contributed by atoms with Gasteiger partial charge in [0.25, 0.3) is 0 Å². The molecular weight excluding hydrogens is 338 g/mol. The van der Waals surface area contributed by atoms with E-state index in [9.17, 15) is 9.59 Å². The van der Waals surface area contributed by atoms with Crippen molar-refractivity contribution in [3.63, 3.8) is 0 Å². The molecule has 3 amide bonds. The number of hydrogen-bond acceptors (Lipinski definition) is 2. The number of halogens is 1. The smallest absolute Gasteiger partial charge is 0.321 e. The molecule has 1 aliphatic rings. The monoisotopic (exact) mass is 357 g/mol. The van der Waals surface area contributed by atoms with Gasteiger partial charge in [0.15, 0.2) is 0 Å². The third-order valence-corrected chi connectivity index (χ3v) is 4.64. The zero-order chi connectivity index (χ0) is 17.6. The Balaban J connectivity index is 1.50. The fourth-order valence-corrected chi connectivity index (χ4v) is 3.05. The number of nitrogens with one attached hydrogen (secondary N) is 2. The Labute approximate surface area is 152 Å². The minimum Gasteiger partial charge on any atom is -0.326 e. The highest BCUT2D eigenvalue weighted by molar-refractivity contribution is 6.33. The fraction of sp³-hybridized carbons (Fsp3) is 0.263. The first-order chi connectivity index (χ1) is 12.1. The molecule has 2 aromatic carbocycles. The molecule has 0 radical (unpaired) electrons. The van der Waals surface area contributed by atoms with E-state index in [-0.39, 0.29) is 17.9 Å². The summed E-state index contributed by atoms with van der Waals surface area (Å²) in [6.45, 7) is 1.09. The number of amides is 3. The van der Waals surface area contributed by atoms with Crippen molar-refractivity contribution in [2.24, 2.45) is 5.92 Å². The Kier molecular flexibility index (Phi) is 5.56. The van der Waals surface area contributed by atoms with Gasteiger partial charge >= 0.3 is 6.03 Å². The Bertz CT molecular complexity index is 743. The van der Waals surface area contributed by atoms with Crippen LogP contribution in [0, 0.1) is 5.92 Å². The molecule has 0 aromatic heterocycles. The van der Waals surface area contributed by atoms with E-state index in [2.05, 4.69) is 10.6 Å². The number of urea groups is 1. The summed E-state index contributed by atoms with van der Waals surface area (Å²) < 4.78 is 0. The van der Waals surface area contributed by atoms with Crippen molar-refractivity contribution in [3.05, 3.63) is 59.6 Å². The second kappa shape index (κ2) is 8.03. The van der Waals surface area contributed by atoms with Crippen LogP contribution in [-0.2, 0) is 4.79 Å². The number of piperidine rings is 1. The Hall–Kier alpha value is -2.53. The quantitative estimate of drug-likeness (QED) is 0.863. The maximum atomic E-state index is 12.3. The van der Waals surface area contributed by atoms with Crippen molar-refractivity contribution >= 4 is 34.9 Å². The predicted molar refractivity (Wildman–Crippen MR) is 99.8 cm³/mol. The highest BCUT2D eigenvalue weighted by atomic mass is 35.5. The van der Waals surface area contributed by atoms with Crippen LogP contribution in [0.15, 0.2) is 54.6 Å². The maximum absolute atomic E-state index is 12.3. The molecule has 6 heteroatoms. The molecule has 0 saturated carbocycles. The van der Waals surface area contributed by atoms with E-state index < -0.39 is 0 Å². The normalized spacial score (nSPS) is 14.8.